The van der Waals surface area contributed by atoms with Gasteiger partial charge in [0.1, 0.15) is 0 Å². The van der Waals surface area contributed by atoms with Crippen LogP contribution in [0.1, 0.15) is 25.0 Å². The van der Waals surface area contributed by atoms with E-state index in [9.17, 15) is 13.2 Å². The second-order valence-electron chi connectivity index (χ2n) is 3.67. The van der Waals surface area contributed by atoms with Gasteiger partial charge in [0.15, 0.2) is 0 Å². The monoisotopic (exact) mass is 231 g/mol. The van der Waals surface area contributed by atoms with E-state index >= 15 is 0 Å². The van der Waals surface area contributed by atoms with Crippen LogP contribution in [0.3, 0.4) is 0 Å². The second kappa shape index (κ2) is 4.76. The van der Waals surface area contributed by atoms with Gasteiger partial charge in [0.05, 0.1) is 5.56 Å². The molecule has 16 heavy (non-hydrogen) atoms. The Hall–Kier alpha value is -1.19. The van der Waals surface area contributed by atoms with Gasteiger partial charge in [-0.05, 0) is 38.5 Å². The number of anilines is 1. The molecule has 0 spiro atoms. The summed E-state index contributed by atoms with van der Waals surface area (Å²) in [6.45, 7) is 7.11. The summed E-state index contributed by atoms with van der Waals surface area (Å²) in [5.74, 6) is 0. The number of rotatable bonds is 3. The number of alkyl halides is 3. The minimum Gasteiger partial charge on any atom is -0.372 e. The average molecular weight is 231 g/mol. The van der Waals surface area contributed by atoms with Gasteiger partial charge in [-0.25, -0.2) is 0 Å². The lowest BCUT2D eigenvalue weighted by Crippen LogP contribution is -2.23. The smallest absolute Gasteiger partial charge is 0.372 e. The third-order valence-electron chi connectivity index (χ3n) is 2.64. The molecule has 0 atom stereocenters. The van der Waals surface area contributed by atoms with E-state index < -0.39 is 11.7 Å². The summed E-state index contributed by atoms with van der Waals surface area (Å²) in [7, 11) is 0. The fourth-order valence-electron chi connectivity index (χ4n) is 1.69. The van der Waals surface area contributed by atoms with Crippen LogP contribution in [-0.2, 0) is 6.18 Å². The van der Waals surface area contributed by atoms with Crippen LogP contribution < -0.4 is 4.90 Å². The molecular weight excluding hydrogens is 215 g/mol. The van der Waals surface area contributed by atoms with Crippen molar-refractivity contribution in [3.8, 4) is 0 Å². The molecule has 0 amide bonds. The van der Waals surface area contributed by atoms with Gasteiger partial charge >= 0.3 is 6.18 Å². The van der Waals surface area contributed by atoms with Crippen LogP contribution in [0.2, 0.25) is 0 Å². The van der Waals surface area contributed by atoms with Gasteiger partial charge in [-0.15, -0.1) is 0 Å². The maximum absolute atomic E-state index is 12.6. The quantitative estimate of drug-likeness (QED) is 0.763. The summed E-state index contributed by atoms with van der Waals surface area (Å²) in [5.41, 5.74) is 0.955. The topological polar surface area (TPSA) is 3.24 Å². The van der Waals surface area contributed by atoms with Crippen molar-refractivity contribution >= 4 is 5.69 Å². The summed E-state index contributed by atoms with van der Waals surface area (Å²) in [5, 5.41) is 0. The van der Waals surface area contributed by atoms with E-state index in [2.05, 4.69) is 0 Å². The molecule has 0 bridgehead atoms. The fraction of sp³-hybridized carbons (Fsp3) is 0.500. The van der Waals surface area contributed by atoms with Gasteiger partial charge in [0.25, 0.3) is 0 Å². The molecule has 90 valence electrons. The van der Waals surface area contributed by atoms with E-state index in [-0.39, 0.29) is 0 Å². The first-order valence-corrected chi connectivity index (χ1v) is 5.33. The lowest BCUT2D eigenvalue weighted by Gasteiger charge is -2.24. The first-order chi connectivity index (χ1) is 7.40. The third kappa shape index (κ3) is 2.68. The largest absolute Gasteiger partial charge is 0.416 e. The minimum atomic E-state index is -4.27. The Balaban J connectivity index is 3.18. The van der Waals surface area contributed by atoms with Gasteiger partial charge in [0.2, 0.25) is 0 Å². The van der Waals surface area contributed by atoms with Crippen molar-refractivity contribution in [2.75, 3.05) is 18.0 Å². The molecule has 0 aliphatic heterocycles. The highest BCUT2D eigenvalue weighted by atomic mass is 19.4. The molecule has 0 aromatic heterocycles. The van der Waals surface area contributed by atoms with Crippen LogP contribution in [0.5, 0.6) is 0 Å². The molecule has 1 aromatic carbocycles. The van der Waals surface area contributed by atoms with Crippen LogP contribution in [0.15, 0.2) is 18.2 Å². The lowest BCUT2D eigenvalue weighted by molar-refractivity contribution is -0.137. The van der Waals surface area contributed by atoms with Crippen molar-refractivity contribution in [3.05, 3.63) is 29.3 Å². The highest BCUT2D eigenvalue weighted by Gasteiger charge is 2.31. The van der Waals surface area contributed by atoms with Gasteiger partial charge in [0, 0.05) is 18.8 Å². The minimum absolute atomic E-state index is 0.583. The maximum atomic E-state index is 12.6. The molecular formula is C12H16F3N. The Morgan fingerprint density at radius 2 is 1.69 bits per heavy atom. The Labute approximate surface area is 93.9 Å². The number of nitrogens with zero attached hydrogens (tertiary/aromatic N) is 1. The molecule has 0 aliphatic rings. The van der Waals surface area contributed by atoms with Gasteiger partial charge in [-0.2, -0.15) is 13.2 Å². The molecule has 0 unspecified atom stereocenters. The van der Waals surface area contributed by atoms with Crippen molar-refractivity contribution in [1.82, 2.24) is 0 Å². The number of halogens is 3. The summed E-state index contributed by atoms with van der Waals surface area (Å²) >= 11 is 0. The number of hydrogen-bond donors (Lipinski definition) is 0. The Morgan fingerprint density at radius 1 is 1.12 bits per heavy atom. The normalized spacial score (nSPS) is 11.6. The maximum Gasteiger partial charge on any atom is 0.416 e. The van der Waals surface area contributed by atoms with Crippen molar-refractivity contribution in [1.29, 1.82) is 0 Å². The Kier molecular flexibility index (Phi) is 3.83. The van der Waals surface area contributed by atoms with E-state index in [0.29, 0.717) is 18.8 Å². The highest BCUT2D eigenvalue weighted by molar-refractivity contribution is 5.55. The number of benzene rings is 1. The molecule has 0 N–H and O–H groups in total. The molecule has 4 heteroatoms. The zero-order valence-electron chi connectivity index (χ0n) is 9.73. The fourth-order valence-corrected chi connectivity index (χ4v) is 1.69. The second-order valence-corrected chi connectivity index (χ2v) is 3.67. The molecule has 1 aromatic rings. The standard InChI is InChI=1S/C12H16F3N/c1-4-16(5-2)11-8-10(12(13,14)15)7-6-9(11)3/h6-8H,4-5H2,1-3H3. The van der Waals surface area contributed by atoms with Crippen molar-refractivity contribution in [3.63, 3.8) is 0 Å². The molecule has 1 rings (SSSR count). The molecule has 0 fully saturated rings. The average Bonchev–Trinajstić information content (AvgIpc) is 2.20. The van der Waals surface area contributed by atoms with Crippen LogP contribution >= 0.6 is 0 Å². The van der Waals surface area contributed by atoms with Crippen LogP contribution in [-0.4, -0.2) is 13.1 Å². The lowest BCUT2D eigenvalue weighted by atomic mass is 10.1. The van der Waals surface area contributed by atoms with Gasteiger partial charge in [-0.3, -0.25) is 0 Å². The molecule has 1 nitrogen and oxygen atoms in total. The zero-order chi connectivity index (χ0) is 12.3. The molecule has 0 saturated carbocycles. The van der Waals surface area contributed by atoms with E-state index in [1.54, 1.807) is 0 Å². The zero-order valence-corrected chi connectivity index (χ0v) is 9.73. The summed E-state index contributed by atoms with van der Waals surface area (Å²) in [6.07, 6.45) is -4.27. The van der Waals surface area contributed by atoms with Crippen LogP contribution in [0.25, 0.3) is 0 Å². The molecule has 0 heterocycles. The summed E-state index contributed by atoms with van der Waals surface area (Å²) < 4.78 is 37.7. The van der Waals surface area contributed by atoms with Gasteiger partial charge in [-0.1, -0.05) is 6.07 Å². The summed E-state index contributed by atoms with van der Waals surface area (Å²) in [4.78, 5) is 1.92. The van der Waals surface area contributed by atoms with E-state index in [1.165, 1.54) is 12.1 Å². The van der Waals surface area contributed by atoms with Crippen LogP contribution in [0, 0.1) is 6.92 Å². The van der Waals surface area contributed by atoms with E-state index in [0.717, 1.165) is 11.6 Å². The van der Waals surface area contributed by atoms with Gasteiger partial charge < -0.3 is 4.90 Å². The number of hydrogen-bond acceptors (Lipinski definition) is 1. The highest BCUT2D eigenvalue weighted by Crippen LogP contribution is 2.33. The first-order valence-electron chi connectivity index (χ1n) is 5.33. The predicted molar refractivity (Wildman–Crippen MR) is 59.7 cm³/mol. The van der Waals surface area contributed by atoms with E-state index in [4.69, 9.17) is 0 Å². The molecule has 0 aliphatic carbocycles. The van der Waals surface area contributed by atoms with Crippen LogP contribution in [0.4, 0.5) is 18.9 Å². The summed E-state index contributed by atoms with van der Waals surface area (Å²) in [6, 6.07) is 3.88. The number of aryl methyl sites for hydroxylation is 1. The Bertz CT molecular complexity index is 354. The van der Waals surface area contributed by atoms with Crippen molar-refractivity contribution in [2.45, 2.75) is 26.9 Å². The first kappa shape index (κ1) is 12.9. The Morgan fingerprint density at radius 3 is 2.12 bits per heavy atom. The van der Waals surface area contributed by atoms with Crippen molar-refractivity contribution < 1.29 is 13.2 Å². The molecule has 0 saturated heterocycles. The van der Waals surface area contributed by atoms with E-state index in [1.807, 2.05) is 25.7 Å². The van der Waals surface area contributed by atoms with Crippen molar-refractivity contribution in [2.24, 2.45) is 0 Å². The third-order valence-corrected chi connectivity index (χ3v) is 2.64. The molecule has 0 radical (unpaired) electrons. The predicted octanol–water partition coefficient (Wildman–Crippen LogP) is 3.86. The SMILES string of the molecule is CCN(CC)c1cc(C(F)(F)F)ccc1C.